The van der Waals surface area contributed by atoms with Crippen molar-refractivity contribution >= 4 is 11.5 Å². The van der Waals surface area contributed by atoms with E-state index < -0.39 is 0 Å². The van der Waals surface area contributed by atoms with Gasteiger partial charge in [-0.1, -0.05) is 80.1 Å². The van der Waals surface area contributed by atoms with Gasteiger partial charge in [-0.2, -0.15) is 0 Å². The SMILES string of the molecule is CCC1C(C)C(=C(c2ccccc2)c2ccccc2)CCC1(C)OC(C)=O. The van der Waals surface area contributed by atoms with E-state index in [9.17, 15) is 4.79 Å². The molecule has 0 N–H and O–H groups in total. The number of hydrogen-bond acceptors (Lipinski definition) is 2. The zero-order valence-corrected chi connectivity index (χ0v) is 16.9. The molecule has 1 saturated carbocycles. The van der Waals surface area contributed by atoms with Gasteiger partial charge in [0.15, 0.2) is 0 Å². The lowest BCUT2D eigenvalue weighted by Gasteiger charge is -2.46. The van der Waals surface area contributed by atoms with Crippen LogP contribution in [0.1, 0.15) is 58.1 Å². The van der Waals surface area contributed by atoms with Gasteiger partial charge in [0.25, 0.3) is 0 Å². The van der Waals surface area contributed by atoms with Crippen LogP contribution in [-0.2, 0) is 9.53 Å². The summed E-state index contributed by atoms with van der Waals surface area (Å²) in [6.07, 6.45) is 2.81. The molecule has 3 rings (SSSR count). The summed E-state index contributed by atoms with van der Waals surface area (Å²) >= 11 is 0. The summed E-state index contributed by atoms with van der Waals surface area (Å²) in [6.45, 7) is 8.14. The fourth-order valence-electron chi connectivity index (χ4n) is 4.91. The van der Waals surface area contributed by atoms with E-state index in [0.29, 0.717) is 11.8 Å². The van der Waals surface area contributed by atoms with Gasteiger partial charge in [0.1, 0.15) is 5.60 Å². The molecule has 0 amide bonds. The van der Waals surface area contributed by atoms with Crippen molar-refractivity contribution in [1.82, 2.24) is 0 Å². The van der Waals surface area contributed by atoms with Crippen molar-refractivity contribution in [2.75, 3.05) is 0 Å². The van der Waals surface area contributed by atoms with Crippen LogP contribution in [0.2, 0.25) is 0 Å². The predicted molar refractivity (Wildman–Crippen MR) is 111 cm³/mol. The Morgan fingerprint density at radius 1 is 1.04 bits per heavy atom. The Labute approximate surface area is 163 Å². The Bertz CT molecular complexity index is 765. The van der Waals surface area contributed by atoms with Crippen LogP contribution in [0.5, 0.6) is 0 Å². The van der Waals surface area contributed by atoms with Crippen molar-refractivity contribution in [1.29, 1.82) is 0 Å². The van der Waals surface area contributed by atoms with Gasteiger partial charge in [0.2, 0.25) is 0 Å². The molecular weight excluding hydrogens is 332 g/mol. The van der Waals surface area contributed by atoms with E-state index in [1.54, 1.807) is 0 Å². The summed E-state index contributed by atoms with van der Waals surface area (Å²) in [5.74, 6) is 0.484. The number of allylic oxidation sites excluding steroid dienone is 1. The van der Waals surface area contributed by atoms with Crippen LogP contribution >= 0.6 is 0 Å². The molecule has 1 aliphatic carbocycles. The van der Waals surface area contributed by atoms with E-state index in [2.05, 4.69) is 81.4 Å². The van der Waals surface area contributed by atoms with E-state index in [1.807, 2.05) is 0 Å². The van der Waals surface area contributed by atoms with Gasteiger partial charge in [-0.3, -0.25) is 4.79 Å². The molecule has 27 heavy (non-hydrogen) atoms. The number of carbonyl (C=O) groups excluding carboxylic acids is 1. The third-order valence-corrected chi connectivity index (χ3v) is 6.09. The average molecular weight is 363 g/mol. The fourth-order valence-corrected chi connectivity index (χ4v) is 4.91. The Morgan fingerprint density at radius 2 is 1.56 bits per heavy atom. The van der Waals surface area contributed by atoms with Crippen molar-refractivity contribution < 1.29 is 9.53 Å². The van der Waals surface area contributed by atoms with Gasteiger partial charge in [0, 0.05) is 12.8 Å². The first-order chi connectivity index (χ1) is 13.0. The highest BCUT2D eigenvalue weighted by molar-refractivity contribution is 5.82. The number of hydrogen-bond donors (Lipinski definition) is 0. The van der Waals surface area contributed by atoms with Crippen LogP contribution in [0.3, 0.4) is 0 Å². The van der Waals surface area contributed by atoms with Gasteiger partial charge in [-0.05, 0) is 48.8 Å². The van der Waals surface area contributed by atoms with Crippen molar-refractivity contribution in [2.45, 2.75) is 52.6 Å². The maximum absolute atomic E-state index is 11.7. The summed E-state index contributed by atoms with van der Waals surface area (Å²) in [7, 11) is 0. The van der Waals surface area contributed by atoms with Gasteiger partial charge in [-0.15, -0.1) is 0 Å². The smallest absolute Gasteiger partial charge is 0.303 e. The number of ether oxygens (including phenoxy) is 1. The fraction of sp³-hybridized carbons (Fsp3) is 0.400. The lowest BCUT2D eigenvalue weighted by molar-refractivity contribution is -0.166. The summed E-state index contributed by atoms with van der Waals surface area (Å²) in [4.78, 5) is 11.7. The van der Waals surface area contributed by atoms with E-state index in [-0.39, 0.29) is 11.6 Å². The normalized spacial score (nSPS) is 25.1. The minimum absolute atomic E-state index is 0.179. The van der Waals surface area contributed by atoms with Crippen molar-refractivity contribution in [3.8, 4) is 0 Å². The molecule has 142 valence electrons. The standard InChI is InChI=1S/C25H30O2/c1-5-23-18(2)22(16-17-25(23,4)27-19(3)26)24(20-12-8-6-9-13-20)21-14-10-7-11-15-21/h6-15,18,23H,5,16-17H2,1-4H3. The monoisotopic (exact) mass is 362 g/mol. The molecule has 1 aliphatic rings. The lowest BCUT2D eigenvalue weighted by Crippen LogP contribution is -2.46. The molecule has 0 aliphatic heterocycles. The molecule has 0 heterocycles. The van der Waals surface area contributed by atoms with E-state index in [0.717, 1.165) is 19.3 Å². The van der Waals surface area contributed by atoms with Crippen LogP contribution in [0.15, 0.2) is 66.2 Å². The highest BCUT2D eigenvalue weighted by Crippen LogP contribution is 2.48. The third kappa shape index (κ3) is 4.00. The van der Waals surface area contributed by atoms with Gasteiger partial charge >= 0.3 is 5.97 Å². The summed E-state index contributed by atoms with van der Waals surface area (Å²) in [6, 6.07) is 21.3. The van der Waals surface area contributed by atoms with Crippen LogP contribution in [0.25, 0.3) is 5.57 Å². The van der Waals surface area contributed by atoms with Crippen LogP contribution in [0, 0.1) is 11.8 Å². The van der Waals surface area contributed by atoms with Crippen LogP contribution in [0.4, 0.5) is 0 Å². The van der Waals surface area contributed by atoms with Gasteiger partial charge in [-0.25, -0.2) is 0 Å². The number of esters is 1. The molecule has 0 aromatic heterocycles. The molecule has 0 saturated heterocycles. The van der Waals surface area contributed by atoms with E-state index >= 15 is 0 Å². The molecule has 0 radical (unpaired) electrons. The average Bonchev–Trinajstić information content (AvgIpc) is 2.65. The zero-order valence-electron chi connectivity index (χ0n) is 16.9. The van der Waals surface area contributed by atoms with Gasteiger partial charge in [0.05, 0.1) is 0 Å². The first kappa shape index (κ1) is 19.4. The second-order valence-corrected chi connectivity index (χ2v) is 7.84. The first-order valence-electron chi connectivity index (χ1n) is 9.99. The Balaban J connectivity index is 2.11. The second kappa shape index (κ2) is 8.12. The molecule has 3 unspecified atom stereocenters. The third-order valence-electron chi connectivity index (χ3n) is 6.09. The topological polar surface area (TPSA) is 26.3 Å². The van der Waals surface area contributed by atoms with E-state index in [4.69, 9.17) is 4.74 Å². The molecule has 3 atom stereocenters. The Kier molecular flexibility index (Phi) is 5.84. The summed E-state index contributed by atoms with van der Waals surface area (Å²) in [5.41, 5.74) is 4.95. The largest absolute Gasteiger partial charge is 0.459 e. The molecule has 2 heteroatoms. The Morgan fingerprint density at radius 3 is 2.00 bits per heavy atom. The molecule has 2 nitrogen and oxygen atoms in total. The highest BCUT2D eigenvalue weighted by atomic mass is 16.6. The molecule has 0 spiro atoms. The number of carbonyl (C=O) groups is 1. The first-order valence-corrected chi connectivity index (χ1v) is 9.99. The zero-order chi connectivity index (χ0) is 19.4. The van der Waals surface area contributed by atoms with Crippen LogP contribution in [-0.4, -0.2) is 11.6 Å². The second-order valence-electron chi connectivity index (χ2n) is 7.84. The highest BCUT2D eigenvalue weighted by Gasteiger charge is 2.44. The number of rotatable bonds is 4. The van der Waals surface area contributed by atoms with E-state index in [1.165, 1.54) is 29.2 Å². The molecule has 1 fully saturated rings. The molecule has 0 bridgehead atoms. The van der Waals surface area contributed by atoms with Crippen molar-refractivity contribution in [3.63, 3.8) is 0 Å². The van der Waals surface area contributed by atoms with Gasteiger partial charge < -0.3 is 4.74 Å². The summed E-state index contributed by atoms with van der Waals surface area (Å²) in [5, 5.41) is 0. The Hall–Kier alpha value is -2.35. The minimum Gasteiger partial charge on any atom is -0.459 e. The molecular formula is C25H30O2. The van der Waals surface area contributed by atoms with Crippen LogP contribution < -0.4 is 0 Å². The van der Waals surface area contributed by atoms with Crippen molar-refractivity contribution in [2.24, 2.45) is 11.8 Å². The quantitative estimate of drug-likeness (QED) is 0.599. The molecule has 2 aromatic rings. The minimum atomic E-state index is -0.387. The maximum atomic E-state index is 11.7. The predicted octanol–water partition coefficient (Wildman–Crippen LogP) is 6.27. The molecule has 2 aromatic carbocycles. The number of benzene rings is 2. The summed E-state index contributed by atoms with van der Waals surface area (Å²) < 4.78 is 5.83. The maximum Gasteiger partial charge on any atom is 0.303 e. The van der Waals surface area contributed by atoms with Crippen molar-refractivity contribution in [3.05, 3.63) is 77.4 Å². The lowest BCUT2D eigenvalue weighted by atomic mass is 9.65.